The molecule has 0 saturated carbocycles. The normalized spacial score (nSPS) is 17.8. The smallest absolute Gasteiger partial charge is 0.378 e. The van der Waals surface area contributed by atoms with Gasteiger partial charge in [-0.15, -0.1) is 0 Å². The van der Waals surface area contributed by atoms with Gasteiger partial charge in [-0.2, -0.15) is 13.2 Å². The second-order valence-electron chi connectivity index (χ2n) is 6.07. The van der Waals surface area contributed by atoms with E-state index in [4.69, 9.17) is 10.5 Å². The van der Waals surface area contributed by atoms with Crippen molar-refractivity contribution >= 4 is 10.0 Å². The van der Waals surface area contributed by atoms with Crippen LogP contribution in [0.5, 0.6) is 0 Å². The predicted octanol–water partition coefficient (Wildman–Crippen LogP) is 2.37. The number of piperidine rings is 1. The maximum atomic E-state index is 12.7. The van der Waals surface area contributed by atoms with Gasteiger partial charge in [0.15, 0.2) is 0 Å². The molecule has 0 aliphatic carbocycles. The van der Waals surface area contributed by atoms with Crippen molar-refractivity contribution in [3.05, 3.63) is 35.4 Å². The van der Waals surface area contributed by atoms with Gasteiger partial charge >= 0.3 is 6.18 Å². The fourth-order valence-corrected chi connectivity index (χ4v) is 4.30. The quantitative estimate of drug-likeness (QED) is 0.737. The number of rotatable bonds is 7. The molecule has 0 amide bonds. The van der Waals surface area contributed by atoms with Gasteiger partial charge in [-0.1, -0.05) is 18.2 Å². The number of hydrogen-bond acceptors (Lipinski definition) is 4. The van der Waals surface area contributed by atoms with Gasteiger partial charge < -0.3 is 10.5 Å². The van der Waals surface area contributed by atoms with E-state index < -0.39 is 27.5 Å². The minimum absolute atomic E-state index is 0.00607. The van der Waals surface area contributed by atoms with Gasteiger partial charge in [0, 0.05) is 19.7 Å². The average Bonchev–Trinajstić information content (AvgIpc) is 2.55. The van der Waals surface area contributed by atoms with Gasteiger partial charge in [-0.05, 0) is 37.4 Å². The van der Waals surface area contributed by atoms with Crippen LogP contribution in [0.4, 0.5) is 13.2 Å². The van der Waals surface area contributed by atoms with E-state index in [0.717, 1.165) is 18.6 Å². The van der Waals surface area contributed by atoms with Crippen molar-refractivity contribution in [2.75, 3.05) is 26.2 Å². The van der Waals surface area contributed by atoms with Crippen LogP contribution in [-0.4, -0.2) is 45.1 Å². The molecule has 9 heteroatoms. The summed E-state index contributed by atoms with van der Waals surface area (Å²) >= 11 is 0. The summed E-state index contributed by atoms with van der Waals surface area (Å²) in [6, 6.07) is 4.45. The molecule has 0 bridgehead atoms. The van der Waals surface area contributed by atoms with Crippen molar-refractivity contribution in [2.24, 2.45) is 5.73 Å². The lowest BCUT2D eigenvalue weighted by Gasteiger charge is -2.31. The van der Waals surface area contributed by atoms with E-state index in [0.29, 0.717) is 39.1 Å². The van der Waals surface area contributed by atoms with E-state index in [1.54, 1.807) is 0 Å². The van der Waals surface area contributed by atoms with Gasteiger partial charge in [-0.3, -0.25) is 0 Å². The van der Waals surface area contributed by atoms with E-state index in [-0.39, 0.29) is 11.7 Å². The van der Waals surface area contributed by atoms with Crippen molar-refractivity contribution in [2.45, 2.75) is 37.3 Å². The highest BCUT2D eigenvalue weighted by atomic mass is 32.2. The zero-order chi connectivity index (χ0) is 18.5. The lowest BCUT2D eigenvalue weighted by atomic mass is 10.1. The van der Waals surface area contributed by atoms with Crippen molar-refractivity contribution < 1.29 is 26.3 Å². The molecule has 1 aromatic carbocycles. The third kappa shape index (κ3) is 5.95. The van der Waals surface area contributed by atoms with Gasteiger partial charge in [0.1, 0.15) is 0 Å². The van der Waals surface area contributed by atoms with Gasteiger partial charge in [0.2, 0.25) is 10.0 Å². The van der Waals surface area contributed by atoms with Crippen LogP contribution in [0.1, 0.15) is 30.4 Å². The minimum Gasteiger partial charge on any atom is -0.378 e. The molecule has 1 fully saturated rings. The van der Waals surface area contributed by atoms with Gasteiger partial charge in [0.05, 0.1) is 17.4 Å². The third-order valence-corrected chi connectivity index (χ3v) is 5.95. The fourth-order valence-electron chi connectivity index (χ4n) is 2.75. The predicted molar refractivity (Wildman–Crippen MR) is 88.3 cm³/mol. The highest BCUT2D eigenvalue weighted by Crippen LogP contribution is 2.30. The summed E-state index contributed by atoms with van der Waals surface area (Å²) in [5.41, 5.74) is 4.69. The van der Waals surface area contributed by atoms with Crippen LogP contribution in [0.3, 0.4) is 0 Å². The Hall–Kier alpha value is -1.16. The van der Waals surface area contributed by atoms with Crippen LogP contribution < -0.4 is 5.73 Å². The SMILES string of the molecule is NCCCOC1CCN(S(=O)(=O)Cc2cccc(C(F)(F)F)c2)CC1. The number of hydrogen-bond donors (Lipinski definition) is 1. The van der Waals surface area contributed by atoms with Crippen molar-refractivity contribution in [3.8, 4) is 0 Å². The Morgan fingerprint density at radius 1 is 1.24 bits per heavy atom. The molecule has 0 atom stereocenters. The van der Waals surface area contributed by atoms with Crippen LogP contribution in [0.15, 0.2) is 24.3 Å². The van der Waals surface area contributed by atoms with E-state index in [2.05, 4.69) is 0 Å². The van der Waals surface area contributed by atoms with Gasteiger partial charge in [-0.25, -0.2) is 12.7 Å². The number of halogens is 3. The zero-order valence-corrected chi connectivity index (χ0v) is 14.7. The summed E-state index contributed by atoms with van der Waals surface area (Å²) in [5.74, 6) is -0.435. The monoisotopic (exact) mass is 380 g/mol. The maximum Gasteiger partial charge on any atom is 0.416 e. The molecule has 1 saturated heterocycles. The van der Waals surface area contributed by atoms with Gasteiger partial charge in [0.25, 0.3) is 0 Å². The second kappa shape index (κ2) is 8.48. The minimum atomic E-state index is -4.49. The zero-order valence-electron chi connectivity index (χ0n) is 13.8. The first kappa shape index (κ1) is 20.2. The van der Waals surface area contributed by atoms with Crippen LogP contribution in [0, 0.1) is 0 Å². The first-order valence-corrected chi connectivity index (χ1v) is 9.79. The molecule has 0 aromatic heterocycles. The molecule has 1 heterocycles. The summed E-state index contributed by atoms with van der Waals surface area (Å²) in [6.45, 7) is 1.73. The summed E-state index contributed by atoms with van der Waals surface area (Å²) in [7, 11) is -3.66. The summed E-state index contributed by atoms with van der Waals surface area (Å²) in [4.78, 5) is 0. The first-order valence-electron chi connectivity index (χ1n) is 8.18. The molecule has 1 aliphatic rings. The van der Waals surface area contributed by atoms with Crippen LogP contribution in [0.2, 0.25) is 0 Å². The molecular formula is C16H23F3N2O3S. The van der Waals surface area contributed by atoms with Crippen LogP contribution in [-0.2, 0) is 26.7 Å². The van der Waals surface area contributed by atoms with Crippen LogP contribution >= 0.6 is 0 Å². The largest absolute Gasteiger partial charge is 0.416 e. The molecule has 5 nitrogen and oxygen atoms in total. The number of ether oxygens (including phenoxy) is 1. The van der Waals surface area contributed by atoms with Crippen LogP contribution in [0.25, 0.3) is 0 Å². The summed E-state index contributed by atoms with van der Waals surface area (Å²) in [5, 5.41) is 0. The molecule has 2 N–H and O–H groups in total. The van der Waals surface area contributed by atoms with E-state index >= 15 is 0 Å². The Labute approximate surface area is 146 Å². The lowest BCUT2D eigenvalue weighted by Crippen LogP contribution is -2.41. The van der Waals surface area contributed by atoms with E-state index in [9.17, 15) is 21.6 Å². The number of nitrogens with zero attached hydrogens (tertiary/aromatic N) is 1. The summed E-state index contributed by atoms with van der Waals surface area (Å²) < 4.78 is 70.1. The lowest BCUT2D eigenvalue weighted by molar-refractivity contribution is -0.137. The van der Waals surface area contributed by atoms with Crippen molar-refractivity contribution in [3.63, 3.8) is 0 Å². The molecule has 0 radical (unpaired) electrons. The molecule has 2 rings (SSSR count). The van der Waals surface area contributed by atoms with Crippen molar-refractivity contribution in [1.29, 1.82) is 0 Å². The fraction of sp³-hybridized carbons (Fsp3) is 0.625. The molecule has 0 spiro atoms. The molecule has 25 heavy (non-hydrogen) atoms. The van der Waals surface area contributed by atoms with E-state index in [1.165, 1.54) is 16.4 Å². The first-order chi connectivity index (χ1) is 11.7. The number of alkyl halides is 3. The number of benzene rings is 1. The Morgan fingerprint density at radius 2 is 1.92 bits per heavy atom. The summed E-state index contributed by atoms with van der Waals surface area (Å²) in [6.07, 6.45) is -2.57. The number of nitrogens with two attached hydrogens (primary N) is 1. The number of sulfonamides is 1. The standard InChI is InChI=1S/C16H23F3N2O3S/c17-16(18,19)14-4-1-3-13(11-14)12-25(22,23)21-8-5-15(6-9-21)24-10-2-7-20/h1,3-4,11,15H,2,5-10,12,20H2. The molecule has 142 valence electrons. The molecular weight excluding hydrogens is 357 g/mol. The second-order valence-corrected chi connectivity index (χ2v) is 8.03. The van der Waals surface area contributed by atoms with E-state index in [1.807, 2.05) is 0 Å². The topological polar surface area (TPSA) is 72.6 Å². The highest BCUT2D eigenvalue weighted by Gasteiger charge is 2.32. The van der Waals surface area contributed by atoms with Crippen molar-refractivity contribution in [1.82, 2.24) is 4.31 Å². The Morgan fingerprint density at radius 3 is 2.52 bits per heavy atom. The molecule has 1 aromatic rings. The Bertz CT molecular complexity index is 657. The Balaban J connectivity index is 1.94. The highest BCUT2D eigenvalue weighted by molar-refractivity contribution is 7.88. The molecule has 0 unspecified atom stereocenters. The Kier molecular flexibility index (Phi) is 6.84. The molecule has 1 aliphatic heterocycles. The average molecular weight is 380 g/mol. The maximum absolute atomic E-state index is 12.7. The third-order valence-electron chi connectivity index (χ3n) is 4.10.